The summed E-state index contributed by atoms with van der Waals surface area (Å²) in [5.41, 5.74) is 1.12. The highest BCUT2D eigenvalue weighted by Gasteiger charge is 2.31. The molecule has 34 heavy (non-hydrogen) atoms. The summed E-state index contributed by atoms with van der Waals surface area (Å²) in [6.45, 7) is 7.27. The quantitative estimate of drug-likeness (QED) is 0.348. The van der Waals surface area contributed by atoms with E-state index in [0.717, 1.165) is 41.6 Å². The van der Waals surface area contributed by atoms with Gasteiger partial charge in [0.05, 0.1) is 5.60 Å². The highest BCUT2D eigenvalue weighted by Crippen LogP contribution is 2.32. The lowest BCUT2D eigenvalue weighted by atomic mass is 9.89. The third-order valence-electron chi connectivity index (χ3n) is 6.00. The molecular weight excluding hydrogens is 450 g/mol. The van der Waals surface area contributed by atoms with Crippen molar-refractivity contribution in [1.29, 1.82) is 0 Å². The SMILES string of the molecule is CCC(=O)Nc1ccc(Sc2nc(Nc3cc(C)[nH]n3)cc(N3CCC(O)(CC)CC3)n2)cc1. The van der Waals surface area contributed by atoms with Crippen LogP contribution in [0, 0.1) is 6.92 Å². The highest BCUT2D eigenvalue weighted by molar-refractivity contribution is 7.99. The van der Waals surface area contributed by atoms with Gasteiger partial charge in [-0.2, -0.15) is 5.10 Å². The van der Waals surface area contributed by atoms with Gasteiger partial charge in [-0.1, -0.05) is 13.8 Å². The minimum Gasteiger partial charge on any atom is -0.390 e. The number of aromatic amines is 1. The molecule has 0 aliphatic carbocycles. The number of anilines is 4. The number of nitrogens with zero attached hydrogens (tertiary/aromatic N) is 4. The summed E-state index contributed by atoms with van der Waals surface area (Å²) < 4.78 is 0. The van der Waals surface area contributed by atoms with Crippen LogP contribution in [0.15, 0.2) is 46.5 Å². The molecule has 10 heteroatoms. The first kappa shape index (κ1) is 24.0. The molecule has 0 bridgehead atoms. The lowest BCUT2D eigenvalue weighted by Gasteiger charge is -2.38. The zero-order chi connectivity index (χ0) is 24.1. The molecule has 1 amide bonds. The van der Waals surface area contributed by atoms with E-state index in [1.807, 2.05) is 57.2 Å². The van der Waals surface area contributed by atoms with Crippen molar-refractivity contribution in [2.45, 2.75) is 62.1 Å². The summed E-state index contributed by atoms with van der Waals surface area (Å²) in [5, 5.41) is 24.5. The van der Waals surface area contributed by atoms with E-state index in [1.165, 1.54) is 11.8 Å². The number of aromatic nitrogens is 4. The van der Waals surface area contributed by atoms with Crippen molar-refractivity contribution in [3.63, 3.8) is 0 Å². The van der Waals surface area contributed by atoms with Crippen molar-refractivity contribution in [3.05, 3.63) is 42.1 Å². The van der Waals surface area contributed by atoms with Crippen LogP contribution in [-0.4, -0.2) is 49.9 Å². The summed E-state index contributed by atoms with van der Waals surface area (Å²) in [4.78, 5) is 24.3. The molecule has 1 aliphatic heterocycles. The topological polar surface area (TPSA) is 119 Å². The van der Waals surface area contributed by atoms with Crippen LogP contribution in [0.3, 0.4) is 0 Å². The second-order valence-electron chi connectivity index (χ2n) is 8.55. The maximum absolute atomic E-state index is 11.6. The summed E-state index contributed by atoms with van der Waals surface area (Å²) in [5.74, 6) is 2.14. The van der Waals surface area contributed by atoms with Gasteiger partial charge in [-0.25, -0.2) is 9.97 Å². The molecule has 0 radical (unpaired) electrons. The fourth-order valence-electron chi connectivity index (χ4n) is 3.76. The number of amides is 1. The van der Waals surface area contributed by atoms with Crippen LogP contribution in [0.5, 0.6) is 0 Å². The average Bonchev–Trinajstić information content (AvgIpc) is 3.25. The Morgan fingerprint density at radius 1 is 1.15 bits per heavy atom. The van der Waals surface area contributed by atoms with Gasteiger partial charge in [0.25, 0.3) is 0 Å². The molecule has 3 aromatic rings. The third kappa shape index (κ3) is 6.06. The molecule has 180 valence electrons. The Labute approximate surface area is 203 Å². The molecule has 9 nitrogen and oxygen atoms in total. The summed E-state index contributed by atoms with van der Waals surface area (Å²) in [6.07, 6.45) is 2.62. The zero-order valence-electron chi connectivity index (χ0n) is 19.8. The number of hydrogen-bond acceptors (Lipinski definition) is 8. The number of benzene rings is 1. The van der Waals surface area contributed by atoms with Crippen LogP contribution >= 0.6 is 11.8 Å². The predicted octanol–water partition coefficient (Wildman–Crippen LogP) is 4.49. The number of H-pyrrole nitrogens is 1. The van der Waals surface area contributed by atoms with Crippen LogP contribution in [-0.2, 0) is 4.79 Å². The van der Waals surface area contributed by atoms with E-state index < -0.39 is 5.60 Å². The van der Waals surface area contributed by atoms with Crippen LogP contribution in [0.25, 0.3) is 0 Å². The molecule has 4 rings (SSSR count). The Bertz CT molecular complexity index is 1120. The molecule has 0 saturated carbocycles. The number of carbonyl (C=O) groups is 1. The summed E-state index contributed by atoms with van der Waals surface area (Å²) >= 11 is 1.45. The van der Waals surface area contributed by atoms with Crippen molar-refractivity contribution >= 4 is 40.8 Å². The second-order valence-corrected chi connectivity index (χ2v) is 9.59. The Balaban J connectivity index is 1.56. The maximum Gasteiger partial charge on any atom is 0.224 e. The normalized spacial score (nSPS) is 15.2. The van der Waals surface area contributed by atoms with Gasteiger partial charge in [-0.05, 0) is 62.2 Å². The Kier molecular flexibility index (Phi) is 7.38. The van der Waals surface area contributed by atoms with Gasteiger partial charge in [0.15, 0.2) is 11.0 Å². The molecule has 0 spiro atoms. The third-order valence-corrected chi connectivity index (χ3v) is 6.87. The van der Waals surface area contributed by atoms with Crippen molar-refractivity contribution < 1.29 is 9.90 Å². The first-order valence-electron chi connectivity index (χ1n) is 11.6. The predicted molar refractivity (Wildman–Crippen MR) is 135 cm³/mol. The fourth-order valence-corrected chi connectivity index (χ4v) is 4.53. The van der Waals surface area contributed by atoms with E-state index in [-0.39, 0.29) is 5.91 Å². The van der Waals surface area contributed by atoms with Gasteiger partial charge in [0, 0.05) is 47.9 Å². The number of aryl methyl sites for hydroxylation is 1. The van der Waals surface area contributed by atoms with Gasteiger partial charge in [-0.15, -0.1) is 0 Å². The van der Waals surface area contributed by atoms with Crippen molar-refractivity contribution in [2.75, 3.05) is 28.6 Å². The lowest BCUT2D eigenvalue weighted by Crippen LogP contribution is -2.44. The number of aliphatic hydroxyl groups is 1. The lowest BCUT2D eigenvalue weighted by molar-refractivity contribution is -0.115. The van der Waals surface area contributed by atoms with Gasteiger partial charge >= 0.3 is 0 Å². The van der Waals surface area contributed by atoms with E-state index in [1.54, 1.807) is 0 Å². The zero-order valence-corrected chi connectivity index (χ0v) is 20.6. The largest absolute Gasteiger partial charge is 0.390 e. The molecular formula is C24H31N7O2S. The van der Waals surface area contributed by atoms with Crippen molar-refractivity contribution in [3.8, 4) is 0 Å². The van der Waals surface area contributed by atoms with E-state index in [0.29, 0.717) is 36.1 Å². The van der Waals surface area contributed by atoms with Crippen LogP contribution in [0.4, 0.5) is 23.1 Å². The molecule has 1 aliphatic rings. The number of carbonyl (C=O) groups excluding carboxylic acids is 1. The Hall–Kier alpha value is -3.11. The number of nitrogens with one attached hydrogen (secondary N) is 3. The molecule has 2 aromatic heterocycles. The summed E-state index contributed by atoms with van der Waals surface area (Å²) in [6, 6.07) is 11.5. The molecule has 1 saturated heterocycles. The maximum atomic E-state index is 11.6. The minimum atomic E-state index is -0.594. The molecule has 0 atom stereocenters. The monoisotopic (exact) mass is 481 g/mol. The van der Waals surface area contributed by atoms with Gasteiger partial charge < -0.3 is 20.6 Å². The van der Waals surface area contributed by atoms with Crippen LogP contribution in [0.2, 0.25) is 0 Å². The molecule has 1 fully saturated rings. The first-order valence-corrected chi connectivity index (χ1v) is 12.4. The number of hydrogen-bond donors (Lipinski definition) is 4. The smallest absolute Gasteiger partial charge is 0.224 e. The van der Waals surface area contributed by atoms with Gasteiger partial charge in [0.2, 0.25) is 5.91 Å². The number of piperidine rings is 1. The van der Waals surface area contributed by atoms with Gasteiger partial charge in [0.1, 0.15) is 11.6 Å². The van der Waals surface area contributed by atoms with Crippen LogP contribution < -0.4 is 15.5 Å². The van der Waals surface area contributed by atoms with E-state index in [2.05, 4.69) is 25.7 Å². The Morgan fingerprint density at radius 2 is 1.88 bits per heavy atom. The second kappa shape index (κ2) is 10.4. The van der Waals surface area contributed by atoms with E-state index in [4.69, 9.17) is 9.97 Å². The van der Waals surface area contributed by atoms with E-state index in [9.17, 15) is 9.90 Å². The summed E-state index contributed by atoms with van der Waals surface area (Å²) in [7, 11) is 0. The standard InChI is InChI=1S/C24H31N7O2S/c1-4-22(32)25-17-6-8-18(9-7-17)34-23-27-19(26-20-14-16(3)29-30-20)15-21(28-23)31-12-10-24(33,5-2)11-13-31/h6-9,14-15,33H,4-5,10-13H2,1-3H3,(H,25,32)(H2,26,27,28,29,30). The highest BCUT2D eigenvalue weighted by atomic mass is 32.2. The van der Waals surface area contributed by atoms with Gasteiger partial charge in [-0.3, -0.25) is 9.89 Å². The first-order chi connectivity index (χ1) is 16.4. The van der Waals surface area contributed by atoms with E-state index >= 15 is 0 Å². The average molecular weight is 482 g/mol. The van der Waals surface area contributed by atoms with Crippen molar-refractivity contribution in [2.24, 2.45) is 0 Å². The molecule has 1 aromatic carbocycles. The molecule has 3 heterocycles. The number of rotatable bonds is 8. The minimum absolute atomic E-state index is 0.0164. The fraction of sp³-hybridized carbons (Fsp3) is 0.417. The Morgan fingerprint density at radius 3 is 2.50 bits per heavy atom. The molecule has 4 N–H and O–H groups in total. The van der Waals surface area contributed by atoms with Crippen molar-refractivity contribution in [1.82, 2.24) is 20.2 Å². The van der Waals surface area contributed by atoms with Crippen LogP contribution in [0.1, 0.15) is 45.2 Å². The molecule has 0 unspecified atom stereocenters.